The first-order chi connectivity index (χ1) is 9.05. The molecular weight excluding hydrogens is 268 g/mol. The molecule has 0 radical (unpaired) electrons. The first-order valence-electron chi connectivity index (χ1n) is 5.71. The van der Waals surface area contributed by atoms with Gasteiger partial charge in [0.25, 0.3) is 11.4 Å². The van der Waals surface area contributed by atoms with Crippen LogP contribution in [-0.4, -0.2) is 20.9 Å². The number of aliphatic carboxylic acids is 1. The summed E-state index contributed by atoms with van der Waals surface area (Å²) in [5, 5.41) is 31.0. The Balaban J connectivity index is 3.54. The summed E-state index contributed by atoms with van der Waals surface area (Å²) < 4.78 is 0. The largest absolute Gasteiger partial charge is 0.481 e. The van der Waals surface area contributed by atoms with Crippen molar-refractivity contribution in [2.75, 3.05) is 0 Å². The van der Waals surface area contributed by atoms with Crippen molar-refractivity contribution < 1.29 is 19.7 Å². The smallest absolute Gasteiger partial charge is 0.311 e. The number of benzene rings is 1. The minimum Gasteiger partial charge on any atom is -0.481 e. The van der Waals surface area contributed by atoms with Crippen LogP contribution in [0.1, 0.15) is 32.3 Å². The molecule has 0 bridgehead atoms. The van der Waals surface area contributed by atoms with E-state index >= 15 is 0 Å². The minimum absolute atomic E-state index is 0.0411. The van der Waals surface area contributed by atoms with Crippen LogP contribution in [0.25, 0.3) is 0 Å². The molecular formula is C12H14N2O6. The van der Waals surface area contributed by atoms with Gasteiger partial charge in [0.2, 0.25) is 0 Å². The number of carbonyl (C=O) groups is 1. The average Bonchev–Trinajstić information content (AvgIpc) is 2.26. The highest BCUT2D eigenvalue weighted by Crippen LogP contribution is 2.40. The van der Waals surface area contributed by atoms with Crippen LogP contribution in [0.5, 0.6) is 0 Å². The Bertz CT molecular complexity index is 576. The maximum Gasteiger partial charge on any atom is 0.311 e. The molecule has 0 saturated heterocycles. The van der Waals surface area contributed by atoms with Crippen LogP contribution >= 0.6 is 0 Å². The van der Waals surface area contributed by atoms with Crippen molar-refractivity contribution in [3.63, 3.8) is 0 Å². The van der Waals surface area contributed by atoms with E-state index in [4.69, 9.17) is 0 Å². The normalized spacial score (nSPS) is 12.8. The second kappa shape index (κ2) is 5.24. The summed E-state index contributed by atoms with van der Waals surface area (Å²) in [5.74, 6) is -2.35. The van der Waals surface area contributed by atoms with Crippen LogP contribution in [0.4, 0.5) is 11.4 Å². The highest BCUT2D eigenvalue weighted by Gasteiger charge is 2.38. The number of carboxylic acids is 1. The number of nitro benzene ring substituents is 2. The molecule has 1 aromatic rings. The van der Waals surface area contributed by atoms with Crippen molar-refractivity contribution in [3.8, 4) is 0 Å². The highest BCUT2D eigenvalue weighted by atomic mass is 16.6. The summed E-state index contributed by atoms with van der Waals surface area (Å²) in [5.41, 5.74) is -1.81. The number of nitro groups is 2. The number of hydrogen-bond acceptors (Lipinski definition) is 5. The number of rotatable bonds is 4. The van der Waals surface area contributed by atoms with E-state index in [2.05, 4.69) is 0 Å². The molecule has 0 aliphatic heterocycles. The van der Waals surface area contributed by atoms with Crippen LogP contribution < -0.4 is 0 Å². The summed E-state index contributed by atoms with van der Waals surface area (Å²) in [7, 11) is 0. The number of hydrogen-bond donors (Lipinski definition) is 1. The first kappa shape index (κ1) is 15.5. The predicted octanol–water partition coefficient (Wildman–Crippen LogP) is 2.72. The molecule has 8 heteroatoms. The maximum absolute atomic E-state index is 11.4. The zero-order chi connectivity index (χ0) is 15.7. The quantitative estimate of drug-likeness (QED) is 0.668. The molecule has 8 nitrogen and oxygen atoms in total. The summed E-state index contributed by atoms with van der Waals surface area (Å²) in [6.07, 6.45) is 0. The van der Waals surface area contributed by atoms with Crippen molar-refractivity contribution in [2.24, 2.45) is 5.41 Å². The molecule has 0 saturated carbocycles. The van der Waals surface area contributed by atoms with Crippen LogP contribution in [0.3, 0.4) is 0 Å². The van der Waals surface area contributed by atoms with E-state index in [1.807, 2.05) is 0 Å². The molecule has 0 aromatic heterocycles. The molecule has 20 heavy (non-hydrogen) atoms. The molecule has 0 spiro atoms. The summed E-state index contributed by atoms with van der Waals surface area (Å²) in [6, 6.07) is 3.00. The molecule has 1 rings (SSSR count). The summed E-state index contributed by atoms with van der Waals surface area (Å²) in [6.45, 7) is 4.91. The molecule has 0 aliphatic carbocycles. The van der Waals surface area contributed by atoms with Crippen molar-refractivity contribution in [1.82, 2.24) is 0 Å². The van der Waals surface area contributed by atoms with Gasteiger partial charge in [-0.3, -0.25) is 25.0 Å². The second-order valence-corrected chi connectivity index (χ2v) is 5.39. The molecule has 1 aromatic carbocycles. The van der Waals surface area contributed by atoms with E-state index < -0.39 is 38.5 Å². The third kappa shape index (κ3) is 3.08. The predicted molar refractivity (Wildman–Crippen MR) is 69.6 cm³/mol. The molecule has 108 valence electrons. The van der Waals surface area contributed by atoms with Gasteiger partial charge in [-0.15, -0.1) is 0 Å². The highest BCUT2D eigenvalue weighted by molar-refractivity contribution is 5.79. The van der Waals surface area contributed by atoms with Crippen LogP contribution in [-0.2, 0) is 4.79 Å². The zero-order valence-corrected chi connectivity index (χ0v) is 11.2. The van der Waals surface area contributed by atoms with Gasteiger partial charge in [0.1, 0.15) is 0 Å². The summed E-state index contributed by atoms with van der Waals surface area (Å²) in [4.78, 5) is 31.5. The topological polar surface area (TPSA) is 124 Å². The maximum atomic E-state index is 11.4. The Morgan fingerprint density at radius 2 is 1.75 bits per heavy atom. The van der Waals surface area contributed by atoms with Crippen molar-refractivity contribution in [1.29, 1.82) is 0 Å². The van der Waals surface area contributed by atoms with E-state index in [1.165, 1.54) is 0 Å². The monoisotopic (exact) mass is 282 g/mol. The van der Waals surface area contributed by atoms with Crippen LogP contribution in [0.2, 0.25) is 0 Å². The molecule has 0 aliphatic rings. The average molecular weight is 282 g/mol. The van der Waals surface area contributed by atoms with E-state index in [0.29, 0.717) is 0 Å². The lowest BCUT2D eigenvalue weighted by molar-refractivity contribution is -0.394. The van der Waals surface area contributed by atoms with Gasteiger partial charge in [-0.1, -0.05) is 20.8 Å². The molecule has 0 heterocycles. The zero-order valence-electron chi connectivity index (χ0n) is 11.2. The SMILES string of the molecule is CC(C)(C)C(C(=O)O)c1ccc([N+](=O)[O-])cc1[N+](=O)[O-]. The molecule has 1 unspecified atom stereocenters. The molecule has 1 atom stereocenters. The van der Waals surface area contributed by atoms with Gasteiger partial charge in [0, 0.05) is 11.6 Å². The van der Waals surface area contributed by atoms with Crippen molar-refractivity contribution in [2.45, 2.75) is 26.7 Å². The lowest BCUT2D eigenvalue weighted by Crippen LogP contribution is -2.27. The van der Waals surface area contributed by atoms with Gasteiger partial charge >= 0.3 is 5.97 Å². The summed E-state index contributed by atoms with van der Waals surface area (Å²) >= 11 is 0. The van der Waals surface area contributed by atoms with E-state index in [-0.39, 0.29) is 5.56 Å². The Morgan fingerprint density at radius 1 is 1.20 bits per heavy atom. The molecule has 1 N–H and O–H groups in total. The fourth-order valence-electron chi connectivity index (χ4n) is 2.02. The van der Waals surface area contributed by atoms with Gasteiger partial charge < -0.3 is 5.11 Å². The van der Waals surface area contributed by atoms with Gasteiger partial charge in [0.05, 0.1) is 21.8 Å². The Morgan fingerprint density at radius 3 is 2.10 bits per heavy atom. The van der Waals surface area contributed by atoms with Gasteiger partial charge in [0.15, 0.2) is 0 Å². The van der Waals surface area contributed by atoms with Gasteiger partial charge in [-0.25, -0.2) is 0 Å². The molecule has 0 amide bonds. The standard InChI is InChI=1S/C12H14N2O6/c1-12(2,3)10(11(15)16)8-5-4-7(13(17)18)6-9(8)14(19)20/h4-6,10H,1-3H3,(H,15,16). The van der Waals surface area contributed by atoms with Gasteiger partial charge in [-0.05, 0) is 11.5 Å². The number of nitrogens with zero attached hydrogens (tertiary/aromatic N) is 2. The third-order valence-electron chi connectivity index (χ3n) is 2.85. The second-order valence-electron chi connectivity index (χ2n) is 5.39. The molecule has 0 fully saturated rings. The third-order valence-corrected chi connectivity index (χ3v) is 2.85. The fourth-order valence-corrected chi connectivity index (χ4v) is 2.02. The first-order valence-corrected chi connectivity index (χ1v) is 5.71. The fraction of sp³-hybridized carbons (Fsp3) is 0.417. The van der Waals surface area contributed by atoms with Gasteiger partial charge in [-0.2, -0.15) is 0 Å². The van der Waals surface area contributed by atoms with Crippen molar-refractivity contribution >= 4 is 17.3 Å². The number of non-ortho nitro benzene ring substituents is 1. The van der Waals surface area contributed by atoms with E-state index in [1.54, 1.807) is 20.8 Å². The lowest BCUT2D eigenvalue weighted by Gasteiger charge is -2.26. The van der Waals surface area contributed by atoms with E-state index in [9.17, 15) is 30.1 Å². The van der Waals surface area contributed by atoms with E-state index in [0.717, 1.165) is 18.2 Å². The Kier molecular flexibility index (Phi) is 4.07. The lowest BCUT2D eigenvalue weighted by atomic mass is 9.76. The van der Waals surface area contributed by atoms with Crippen LogP contribution in [0.15, 0.2) is 18.2 Å². The number of carboxylic acid groups (broad SMARTS) is 1. The minimum atomic E-state index is -1.21. The van der Waals surface area contributed by atoms with Crippen LogP contribution in [0, 0.1) is 25.6 Å². The Hall–Kier alpha value is -2.51. The Labute approximate surface area is 114 Å². The van der Waals surface area contributed by atoms with Crippen molar-refractivity contribution in [3.05, 3.63) is 44.0 Å².